The van der Waals surface area contributed by atoms with E-state index in [-0.39, 0.29) is 37.3 Å². The van der Waals surface area contributed by atoms with Gasteiger partial charge in [0.25, 0.3) is 0 Å². The largest absolute Gasteiger partial charge is 0.510 e. The van der Waals surface area contributed by atoms with E-state index in [9.17, 15) is 0 Å². The summed E-state index contributed by atoms with van der Waals surface area (Å²) in [5, 5.41) is 2.05. The van der Waals surface area contributed by atoms with Crippen molar-refractivity contribution in [3.63, 3.8) is 0 Å². The van der Waals surface area contributed by atoms with Gasteiger partial charge < -0.3 is 19.1 Å². The third kappa shape index (κ3) is 8.79. The van der Waals surface area contributed by atoms with Crippen molar-refractivity contribution >= 4 is 27.5 Å². The number of anilines is 1. The molecule has 0 amide bonds. The van der Waals surface area contributed by atoms with Crippen molar-refractivity contribution in [3.8, 4) is 51.5 Å². The first-order chi connectivity index (χ1) is 29.5. The Bertz CT molecular complexity index is 2900. The van der Waals surface area contributed by atoms with Crippen LogP contribution in [0.4, 0.5) is 5.69 Å². The van der Waals surface area contributed by atoms with Gasteiger partial charge in [0, 0.05) is 55.4 Å². The average molecular weight is 1010 g/mol. The number of fused-ring (bicyclic) bond motifs is 3. The smallest absolute Gasteiger partial charge is 0.162 e. The molecule has 0 N–H and O–H groups in total. The topological polar surface area (TPSA) is 72.2 Å². The minimum Gasteiger partial charge on any atom is -0.510 e. The van der Waals surface area contributed by atoms with Crippen LogP contribution in [0.3, 0.4) is 0 Å². The summed E-state index contributed by atoms with van der Waals surface area (Å²) < 4.78 is 9.10. The van der Waals surface area contributed by atoms with Crippen LogP contribution in [0, 0.1) is 18.8 Å². The van der Waals surface area contributed by atoms with Crippen molar-refractivity contribution in [2.75, 3.05) is 11.9 Å². The van der Waals surface area contributed by atoms with E-state index in [1.165, 1.54) is 16.7 Å². The van der Waals surface area contributed by atoms with Crippen LogP contribution in [-0.4, -0.2) is 36.5 Å². The zero-order valence-corrected chi connectivity index (χ0v) is 39.8. The Morgan fingerprint density at radius 2 is 1.19 bits per heavy atom. The maximum absolute atomic E-state index is 6.94. The molecule has 9 heteroatoms. The summed E-state index contributed by atoms with van der Waals surface area (Å²) in [7, 11) is 1.99. The molecule has 0 aliphatic carbocycles. The van der Waals surface area contributed by atoms with E-state index in [1.54, 1.807) is 0 Å². The van der Waals surface area contributed by atoms with Gasteiger partial charge in [-0.1, -0.05) is 135 Å². The summed E-state index contributed by atoms with van der Waals surface area (Å²) in [5.74, 6) is 3.36. The van der Waals surface area contributed by atoms with Gasteiger partial charge in [0.05, 0.1) is 0 Å². The van der Waals surface area contributed by atoms with Crippen LogP contribution in [-0.2, 0) is 37.3 Å². The Morgan fingerprint density at radius 3 is 1.75 bits per heavy atom. The fourth-order valence-corrected chi connectivity index (χ4v) is 7.75. The molecule has 1 aliphatic heterocycles. The zero-order chi connectivity index (χ0) is 43.6. The predicted molar refractivity (Wildman–Crippen MR) is 252 cm³/mol. The van der Waals surface area contributed by atoms with E-state index in [0.717, 1.165) is 44.4 Å². The van der Waals surface area contributed by atoms with Crippen LogP contribution in [0.2, 0.25) is 0 Å². The van der Waals surface area contributed by atoms with Crippen molar-refractivity contribution in [3.05, 3.63) is 163 Å². The molecule has 0 saturated carbocycles. The molecule has 8 nitrogen and oxygen atoms in total. The number of aromatic nitrogens is 5. The fourth-order valence-electron chi connectivity index (χ4n) is 7.75. The van der Waals surface area contributed by atoms with Crippen molar-refractivity contribution in [2.45, 2.75) is 78.6 Å². The van der Waals surface area contributed by atoms with Gasteiger partial charge in [-0.15, -0.1) is 41.4 Å². The van der Waals surface area contributed by atoms with Crippen LogP contribution in [0.15, 0.2) is 128 Å². The number of nitrogens with zero attached hydrogens (tertiary/aromatic N) is 7. The average Bonchev–Trinajstić information content (AvgIpc) is 3.83. The second kappa shape index (κ2) is 16.5. The summed E-state index contributed by atoms with van der Waals surface area (Å²) in [6.07, 6.45) is 5.80. The minimum atomic E-state index is -0.0795. The van der Waals surface area contributed by atoms with E-state index < -0.39 is 0 Å². The van der Waals surface area contributed by atoms with E-state index >= 15 is 0 Å². The number of rotatable bonds is 7. The van der Waals surface area contributed by atoms with Gasteiger partial charge in [-0.3, -0.25) is 0 Å². The van der Waals surface area contributed by atoms with Crippen molar-refractivity contribution in [1.82, 2.24) is 29.4 Å². The number of hydrogen-bond acceptors (Lipinski definition) is 7. The standard InChI is InChI=1S/C54H52N7O.Pt/c1-52(2,3)37-21-17-35(18-22-37)49-56-50(36-19-23-38(24-20-36)53(4,5)6)58-51(57-49)44-32-43-42-30-39(54(7,8)9)25-26-45(42)61(48-16-11-12-27-55-48)46(43)33-47(44)62-41-15-13-14-40(31-41)60-29-28-59(10)34-60;/h11-30,32,34H,1-10H3;/q-3;. The summed E-state index contributed by atoms with van der Waals surface area (Å²) in [6, 6.07) is 45.0. The molecule has 5 aromatic carbocycles. The van der Waals surface area contributed by atoms with E-state index in [0.29, 0.717) is 34.5 Å². The van der Waals surface area contributed by atoms with Crippen LogP contribution in [0.25, 0.3) is 61.8 Å². The summed E-state index contributed by atoms with van der Waals surface area (Å²) in [6.45, 7) is 22.0. The third-order valence-electron chi connectivity index (χ3n) is 11.4. The van der Waals surface area contributed by atoms with Crippen LogP contribution < -0.4 is 9.64 Å². The quantitative estimate of drug-likeness (QED) is 0.147. The molecule has 1 aliphatic rings. The van der Waals surface area contributed by atoms with Gasteiger partial charge in [0.2, 0.25) is 0 Å². The maximum atomic E-state index is 6.94. The van der Waals surface area contributed by atoms with Crippen molar-refractivity contribution in [1.29, 1.82) is 0 Å². The Balaban J connectivity index is 0.00000544. The second-order valence-electron chi connectivity index (χ2n) is 19.2. The third-order valence-corrected chi connectivity index (χ3v) is 11.4. The first-order valence-corrected chi connectivity index (χ1v) is 21.2. The molecule has 8 aromatic rings. The van der Waals surface area contributed by atoms with Crippen LogP contribution in [0.1, 0.15) is 79.0 Å². The molecule has 0 saturated heterocycles. The molecule has 0 spiro atoms. The summed E-state index contributed by atoms with van der Waals surface area (Å²) in [5.41, 5.74) is 8.72. The Hall–Kier alpha value is -6.11. The summed E-state index contributed by atoms with van der Waals surface area (Å²) >= 11 is 0. The second-order valence-corrected chi connectivity index (χ2v) is 19.2. The van der Waals surface area contributed by atoms with Crippen molar-refractivity contribution in [2.24, 2.45) is 0 Å². The van der Waals surface area contributed by atoms with Gasteiger partial charge in [-0.25, -0.2) is 19.9 Å². The molecule has 4 heterocycles. The predicted octanol–water partition coefficient (Wildman–Crippen LogP) is 13.0. The molecule has 0 radical (unpaired) electrons. The van der Waals surface area contributed by atoms with Gasteiger partial charge in [-0.05, 0) is 81.5 Å². The number of ether oxygens (including phenoxy) is 1. The summed E-state index contributed by atoms with van der Waals surface area (Å²) in [4.78, 5) is 24.5. The van der Waals surface area contributed by atoms with E-state index in [4.69, 9.17) is 24.7 Å². The number of hydrogen-bond donors (Lipinski definition) is 0. The molecule has 0 unspecified atom stereocenters. The molecule has 0 atom stereocenters. The molecule has 0 fully saturated rings. The van der Waals surface area contributed by atoms with Gasteiger partial charge in [0.1, 0.15) is 11.6 Å². The maximum Gasteiger partial charge on any atom is 0.162 e. The molecule has 63 heavy (non-hydrogen) atoms. The van der Waals surface area contributed by atoms with Gasteiger partial charge >= 0.3 is 0 Å². The number of benzene rings is 5. The van der Waals surface area contributed by atoms with Crippen LogP contribution in [0.5, 0.6) is 11.5 Å². The molecule has 0 bridgehead atoms. The van der Waals surface area contributed by atoms with Gasteiger partial charge in [-0.2, -0.15) is 12.7 Å². The Morgan fingerprint density at radius 1 is 0.587 bits per heavy atom. The fraction of sp³-hybridized carbons (Fsp3) is 0.241. The minimum absolute atomic E-state index is 0. The monoisotopic (exact) mass is 1010 g/mol. The van der Waals surface area contributed by atoms with Crippen LogP contribution >= 0.6 is 0 Å². The SMILES string of the molecule is CN1C=CN(c2[c-]c(Oc3[c-]c4c(cc3-c3nc(-c5ccc(C(C)(C)C)cc5)nc(-c5ccc(C(C)(C)C)cc5)n3)c3cc(C(C)(C)C)ccc3n4-c3ccccn3)ccc2)[CH-]1.[Pt]. The molecular formula is C54H52N7OPt-3. The molecule has 3 aromatic heterocycles. The first-order valence-electron chi connectivity index (χ1n) is 21.2. The Kier molecular flexibility index (Phi) is 11.4. The first kappa shape index (κ1) is 43.5. The van der Waals surface area contributed by atoms with Crippen molar-refractivity contribution < 1.29 is 25.8 Å². The zero-order valence-electron chi connectivity index (χ0n) is 37.6. The molecule has 322 valence electrons. The Labute approximate surface area is 386 Å². The van der Waals surface area contributed by atoms with Gasteiger partial charge in [0.15, 0.2) is 11.6 Å². The molecule has 9 rings (SSSR count). The normalized spacial score (nSPS) is 13.2. The molecular weight excluding hydrogens is 958 g/mol. The number of pyridine rings is 1. The van der Waals surface area contributed by atoms with E-state index in [2.05, 4.69) is 152 Å². The van der Waals surface area contributed by atoms with E-state index in [1.807, 2.05) is 78.5 Å².